The maximum atomic E-state index is 10.0. The van der Waals surface area contributed by atoms with Crippen molar-refractivity contribution in [1.82, 2.24) is 0 Å². The molecule has 0 aromatic carbocycles. The van der Waals surface area contributed by atoms with Crippen LogP contribution in [0.4, 0.5) is 0 Å². The molecule has 5 nitrogen and oxygen atoms in total. The summed E-state index contributed by atoms with van der Waals surface area (Å²) < 4.78 is 0. The Morgan fingerprint density at radius 2 is 2.40 bits per heavy atom. The molecule has 0 heterocycles. The van der Waals surface area contributed by atoms with Crippen molar-refractivity contribution in [2.24, 2.45) is 5.16 Å². The van der Waals surface area contributed by atoms with Crippen LogP contribution in [0.2, 0.25) is 0 Å². The van der Waals surface area contributed by atoms with Crippen molar-refractivity contribution in [2.45, 2.75) is 13.0 Å². The van der Waals surface area contributed by atoms with Crippen LogP contribution in [-0.4, -0.2) is 29.7 Å². The molecule has 56 valence electrons. The first kappa shape index (κ1) is 8.61. The van der Waals surface area contributed by atoms with Crippen LogP contribution in [0, 0.1) is 0 Å². The van der Waals surface area contributed by atoms with E-state index >= 15 is 0 Å². The Kier molecular flexibility index (Phi) is 3.86. The molecule has 0 amide bonds. The molecule has 0 bridgehead atoms. The summed E-state index contributed by atoms with van der Waals surface area (Å²) in [6, 6.07) is 0. The Labute approximate surface area is 57.3 Å². The normalized spacial score (nSPS) is 12.9. The average molecular weight is 145 g/mol. The summed E-state index contributed by atoms with van der Waals surface area (Å²) in [6.07, 6.45) is 0.213. The van der Waals surface area contributed by atoms with Gasteiger partial charge in [0.15, 0.2) is 6.29 Å². The number of aldehydes is 1. The van der Waals surface area contributed by atoms with Crippen LogP contribution in [0.3, 0.4) is 0 Å². The van der Waals surface area contributed by atoms with Crippen LogP contribution in [-0.2, 0) is 14.4 Å². The molecule has 0 aromatic rings. The van der Waals surface area contributed by atoms with Gasteiger partial charge in [-0.3, -0.25) is 4.79 Å². The Morgan fingerprint density at radius 1 is 1.80 bits per heavy atom. The number of carbonyl (C=O) groups excluding carboxylic acids is 1. The second-order valence-electron chi connectivity index (χ2n) is 1.48. The molecule has 1 N–H and O–H groups in total. The molecule has 0 aromatic heterocycles. The fourth-order valence-corrected chi connectivity index (χ4v) is 0.196. The number of carbonyl (C=O) groups is 2. The molecule has 10 heavy (non-hydrogen) atoms. The van der Waals surface area contributed by atoms with Gasteiger partial charge in [-0.15, -0.1) is 0 Å². The van der Waals surface area contributed by atoms with Crippen LogP contribution in [0.1, 0.15) is 6.92 Å². The summed E-state index contributed by atoms with van der Waals surface area (Å²) in [5, 5.41) is 11.2. The summed E-state index contributed by atoms with van der Waals surface area (Å²) in [5.41, 5.74) is 0. The van der Waals surface area contributed by atoms with Crippen molar-refractivity contribution in [1.29, 1.82) is 0 Å². The van der Waals surface area contributed by atoms with Crippen LogP contribution < -0.4 is 0 Å². The summed E-state index contributed by atoms with van der Waals surface area (Å²) >= 11 is 0. The quantitative estimate of drug-likeness (QED) is 0.333. The molecule has 5 heteroatoms. The Bertz CT molecular complexity index is 154. The highest BCUT2D eigenvalue weighted by atomic mass is 16.6. The molecule has 0 aliphatic heterocycles. The van der Waals surface area contributed by atoms with Crippen molar-refractivity contribution in [3.8, 4) is 0 Å². The minimum atomic E-state index is -1.12. The van der Waals surface area contributed by atoms with E-state index < -0.39 is 12.1 Å². The van der Waals surface area contributed by atoms with Gasteiger partial charge in [-0.2, -0.15) is 0 Å². The van der Waals surface area contributed by atoms with E-state index in [0.29, 0.717) is 6.29 Å². The van der Waals surface area contributed by atoms with Crippen molar-refractivity contribution in [3.63, 3.8) is 0 Å². The lowest BCUT2D eigenvalue weighted by Gasteiger charge is -2.00. The van der Waals surface area contributed by atoms with E-state index in [1.807, 2.05) is 0 Å². The van der Waals surface area contributed by atoms with E-state index in [-0.39, 0.29) is 0 Å². The minimum absolute atomic E-state index is 0.397. The summed E-state index contributed by atoms with van der Waals surface area (Å²) in [5.74, 6) is -1.12. The SMILES string of the molecule is CC(O/N=C\C=O)C(=O)O. The second-order valence-corrected chi connectivity index (χ2v) is 1.48. The highest BCUT2D eigenvalue weighted by Crippen LogP contribution is 1.88. The minimum Gasteiger partial charge on any atom is -0.478 e. The first-order chi connectivity index (χ1) is 4.68. The van der Waals surface area contributed by atoms with Gasteiger partial charge in [0.2, 0.25) is 6.10 Å². The maximum Gasteiger partial charge on any atom is 0.347 e. The first-order valence-electron chi connectivity index (χ1n) is 2.54. The first-order valence-corrected chi connectivity index (χ1v) is 2.54. The molecule has 1 unspecified atom stereocenters. The van der Waals surface area contributed by atoms with E-state index in [1.165, 1.54) is 6.92 Å². The van der Waals surface area contributed by atoms with Gasteiger partial charge in [0.25, 0.3) is 0 Å². The van der Waals surface area contributed by atoms with Gasteiger partial charge in [-0.1, -0.05) is 5.16 Å². The smallest absolute Gasteiger partial charge is 0.347 e. The number of nitrogens with zero attached hydrogens (tertiary/aromatic N) is 1. The van der Waals surface area contributed by atoms with Gasteiger partial charge in [0, 0.05) is 0 Å². The Balaban J connectivity index is 3.58. The number of carboxylic acid groups (broad SMARTS) is 1. The Hall–Kier alpha value is -1.39. The monoisotopic (exact) mass is 145 g/mol. The van der Waals surface area contributed by atoms with Crippen molar-refractivity contribution in [2.75, 3.05) is 0 Å². The van der Waals surface area contributed by atoms with Gasteiger partial charge < -0.3 is 9.94 Å². The van der Waals surface area contributed by atoms with Crippen molar-refractivity contribution < 1.29 is 19.5 Å². The average Bonchev–Trinajstić information content (AvgIpc) is 1.88. The molecule has 0 saturated carbocycles. The lowest BCUT2D eigenvalue weighted by atomic mass is 10.4. The van der Waals surface area contributed by atoms with E-state index in [0.717, 1.165) is 6.21 Å². The number of hydrogen-bond donors (Lipinski definition) is 1. The maximum absolute atomic E-state index is 10.0. The highest BCUT2D eigenvalue weighted by Gasteiger charge is 2.09. The standard InChI is InChI=1S/C5H7NO4/c1-4(5(8)9)10-6-2-3-7/h2-4H,1H3,(H,8,9)/b6-2-. The van der Waals surface area contributed by atoms with Crippen molar-refractivity contribution >= 4 is 18.5 Å². The topological polar surface area (TPSA) is 76.0 Å². The zero-order chi connectivity index (χ0) is 7.98. The van der Waals surface area contributed by atoms with Gasteiger partial charge in [-0.05, 0) is 6.92 Å². The van der Waals surface area contributed by atoms with E-state index in [1.54, 1.807) is 0 Å². The molecular formula is C5H7NO4. The van der Waals surface area contributed by atoms with E-state index in [9.17, 15) is 9.59 Å². The van der Waals surface area contributed by atoms with Crippen LogP contribution in [0.25, 0.3) is 0 Å². The molecule has 0 spiro atoms. The van der Waals surface area contributed by atoms with Crippen LogP contribution >= 0.6 is 0 Å². The lowest BCUT2D eigenvalue weighted by Crippen LogP contribution is -2.17. The fraction of sp³-hybridized carbons (Fsp3) is 0.400. The van der Waals surface area contributed by atoms with E-state index in [4.69, 9.17) is 5.11 Å². The molecule has 0 radical (unpaired) electrons. The fourth-order valence-electron chi connectivity index (χ4n) is 0.196. The third-order valence-corrected chi connectivity index (χ3v) is 0.688. The molecule has 0 aliphatic rings. The molecule has 0 fully saturated rings. The number of carboxylic acids is 1. The van der Waals surface area contributed by atoms with Crippen LogP contribution in [0.15, 0.2) is 5.16 Å². The number of oxime groups is 1. The third kappa shape index (κ3) is 3.59. The zero-order valence-electron chi connectivity index (χ0n) is 5.35. The predicted octanol–water partition coefficient (Wildman–Crippen LogP) is -0.339. The van der Waals surface area contributed by atoms with Crippen LogP contribution in [0.5, 0.6) is 0 Å². The van der Waals surface area contributed by atoms with E-state index in [2.05, 4.69) is 9.99 Å². The third-order valence-electron chi connectivity index (χ3n) is 0.688. The second kappa shape index (κ2) is 4.49. The number of hydrogen-bond acceptors (Lipinski definition) is 4. The van der Waals surface area contributed by atoms with Gasteiger partial charge in [0.1, 0.15) is 6.21 Å². The highest BCUT2D eigenvalue weighted by molar-refractivity contribution is 6.12. The van der Waals surface area contributed by atoms with Gasteiger partial charge >= 0.3 is 5.97 Å². The van der Waals surface area contributed by atoms with Gasteiger partial charge in [-0.25, -0.2) is 4.79 Å². The molecule has 0 rings (SSSR count). The van der Waals surface area contributed by atoms with Gasteiger partial charge in [0.05, 0.1) is 0 Å². The zero-order valence-corrected chi connectivity index (χ0v) is 5.35. The summed E-state index contributed by atoms with van der Waals surface area (Å²) in [4.78, 5) is 23.9. The molecule has 0 aliphatic carbocycles. The Morgan fingerprint density at radius 3 is 2.80 bits per heavy atom. The number of aliphatic carboxylic acids is 1. The molecular weight excluding hydrogens is 138 g/mol. The molecule has 1 atom stereocenters. The largest absolute Gasteiger partial charge is 0.478 e. The number of rotatable bonds is 4. The van der Waals surface area contributed by atoms with Crippen molar-refractivity contribution in [3.05, 3.63) is 0 Å². The lowest BCUT2D eigenvalue weighted by molar-refractivity contribution is -0.149. The predicted molar refractivity (Wildman–Crippen MR) is 32.7 cm³/mol. The molecule has 0 saturated heterocycles. The summed E-state index contributed by atoms with van der Waals surface area (Å²) in [7, 11) is 0. The summed E-state index contributed by atoms with van der Waals surface area (Å²) in [6.45, 7) is 1.31.